The molecule has 4 rings (SSSR count). The monoisotopic (exact) mass is 403 g/mol. The summed E-state index contributed by atoms with van der Waals surface area (Å²) in [7, 11) is 0. The lowest BCUT2D eigenvalue weighted by Gasteiger charge is -2.12. The predicted molar refractivity (Wildman–Crippen MR) is 115 cm³/mol. The third-order valence-corrected chi connectivity index (χ3v) is 5.36. The molecule has 0 radical (unpaired) electrons. The summed E-state index contributed by atoms with van der Waals surface area (Å²) in [5, 5.41) is 34.6. The van der Waals surface area contributed by atoms with Crippen LogP contribution in [0.5, 0.6) is 17.2 Å². The highest BCUT2D eigenvalue weighted by Gasteiger charge is 2.15. The van der Waals surface area contributed by atoms with Gasteiger partial charge in [0.15, 0.2) is 0 Å². The van der Waals surface area contributed by atoms with Crippen LogP contribution in [0.3, 0.4) is 0 Å². The molecule has 0 aliphatic heterocycles. The molecular weight excluding hydrogens is 386 g/mol. The molecule has 3 aromatic carbocycles. The first-order valence-corrected chi connectivity index (χ1v) is 9.70. The smallest absolute Gasteiger partial charge is 0.255 e. The van der Waals surface area contributed by atoms with Crippen LogP contribution >= 0.6 is 11.3 Å². The summed E-state index contributed by atoms with van der Waals surface area (Å²) in [6, 6.07) is 20.4. The van der Waals surface area contributed by atoms with Gasteiger partial charge in [0, 0.05) is 33.8 Å². The minimum absolute atomic E-state index is 0.149. The van der Waals surface area contributed by atoms with Crippen LogP contribution in [0, 0.1) is 0 Å². The second-order valence-electron chi connectivity index (χ2n) is 6.42. The molecule has 6 heteroatoms. The Morgan fingerprint density at radius 2 is 1.59 bits per heavy atom. The van der Waals surface area contributed by atoms with E-state index in [0.717, 1.165) is 22.6 Å². The Morgan fingerprint density at radius 3 is 2.31 bits per heavy atom. The summed E-state index contributed by atoms with van der Waals surface area (Å²) in [5.41, 5.74) is 2.60. The lowest BCUT2D eigenvalue weighted by Crippen LogP contribution is -2.12. The minimum Gasteiger partial charge on any atom is -0.508 e. The van der Waals surface area contributed by atoms with Crippen LogP contribution in [-0.4, -0.2) is 21.2 Å². The number of anilines is 1. The standard InChI is InChI=1S/C23H17NO4S/c25-16-12-19(26)22(20(27)13-16)14-5-3-6-15(11-14)23(28)24-18-8-2-1-7-17(18)21-9-4-10-29-21/h1-13,25-27H,(H,24,28). The van der Waals surface area contributed by atoms with Crippen molar-refractivity contribution in [2.75, 3.05) is 5.32 Å². The minimum atomic E-state index is -0.311. The van der Waals surface area contributed by atoms with Gasteiger partial charge in [-0.3, -0.25) is 4.79 Å². The molecule has 1 aromatic heterocycles. The number of thiophene rings is 1. The predicted octanol–water partition coefficient (Wildman–Crippen LogP) is 5.45. The zero-order valence-electron chi connectivity index (χ0n) is 15.2. The summed E-state index contributed by atoms with van der Waals surface area (Å²) in [6.45, 7) is 0. The second-order valence-corrected chi connectivity index (χ2v) is 7.36. The lowest BCUT2D eigenvalue weighted by atomic mass is 10.0. The van der Waals surface area contributed by atoms with E-state index < -0.39 is 0 Å². The fraction of sp³-hybridized carbons (Fsp3) is 0. The molecule has 144 valence electrons. The molecule has 5 nitrogen and oxygen atoms in total. The number of aromatic hydroxyl groups is 3. The molecular formula is C23H17NO4S. The van der Waals surface area contributed by atoms with Gasteiger partial charge >= 0.3 is 0 Å². The number of carbonyl (C=O) groups excluding carboxylic acids is 1. The van der Waals surface area contributed by atoms with Gasteiger partial charge in [0.2, 0.25) is 0 Å². The molecule has 0 aliphatic rings. The highest BCUT2D eigenvalue weighted by Crippen LogP contribution is 2.40. The zero-order chi connectivity index (χ0) is 20.4. The van der Waals surface area contributed by atoms with Crippen LogP contribution in [0.2, 0.25) is 0 Å². The third kappa shape index (κ3) is 3.79. The number of amides is 1. The molecule has 1 amide bonds. The summed E-state index contributed by atoms with van der Waals surface area (Å²) < 4.78 is 0. The van der Waals surface area contributed by atoms with Crippen molar-refractivity contribution in [2.24, 2.45) is 0 Å². The van der Waals surface area contributed by atoms with Gasteiger partial charge in [-0.2, -0.15) is 0 Å². The van der Waals surface area contributed by atoms with Gasteiger partial charge in [-0.25, -0.2) is 0 Å². The first kappa shape index (κ1) is 18.6. The SMILES string of the molecule is O=C(Nc1ccccc1-c1cccs1)c1cccc(-c2c(O)cc(O)cc2O)c1. The largest absolute Gasteiger partial charge is 0.508 e. The van der Waals surface area contributed by atoms with Crippen molar-refractivity contribution < 1.29 is 20.1 Å². The number of phenolic OH excluding ortho intramolecular Hbond substituents is 3. The van der Waals surface area contributed by atoms with Crippen LogP contribution in [-0.2, 0) is 0 Å². The maximum atomic E-state index is 12.9. The van der Waals surface area contributed by atoms with Crippen molar-refractivity contribution in [1.29, 1.82) is 0 Å². The molecule has 0 spiro atoms. The molecule has 0 bridgehead atoms. The Balaban J connectivity index is 1.66. The summed E-state index contributed by atoms with van der Waals surface area (Å²) in [6.07, 6.45) is 0. The lowest BCUT2D eigenvalue weighted by molar-refractivity contribution is 0.102. The van der Waals surface area contributed by atoms with E-state index in [1.807, 2.05) is 41.8 Å². The van der Waals surface area contributed by atoms with Crippen LogP contribution in [0.25, 0.3) is 21.6 Å². The summed E-state index contributed by atoms with van der Waals surface area (Å²) in [5.74, 6) is -1.11. The van der Waals surface area contributed by atoms with Crippen molar-refractivity contribution in [3.8, 4) is 38.8 Å². The van der Waals surface area contributed by atoms with E-state index in [1.54, 1.807) is 35.6 Å². The van der Waals surface area contributed by atoms with Gasteiger partial charge < -0.3 is 20.6 Å². The van der Waals surface area contributed by atoms with Crippen molar-refractivity contribution in [3.05, 3.63) is 83.7 Å². The summed E-state index contributed by atoms with van der Waals surface area (Å²) in [4.78, 5) is 13.9. The number of rotatable bonds is 4. The number of phenols is 3. The fourth-order valence-corrected chi connectivity index (χ4v) is 3.91. The highest BCUT2D eigenvalue weighted by atomic mass is 32.1. The summed E-state index contributed by atoms with van der Waals surface area (Å²) >= 11 is 1.59. The maximum absolute atomic E-state index is 12.9. The normalized spacial score (nSPS) is 10.6. The van der Waals surface area contributed by atoms with Crippen molar-refractivity contribution in [2.45, 2.75) is 0 Å². The van der Waals surface area contributed by atoms with Gasteiger partial charge in [0.05, 0.1) is 5.56 Å². The molecule has 4 N–H and O–H groups in total. The molecule has 1 heterocycles. The Labute approximate surface area is 171 Å². The van der Waals surface area contributed by atoms with E-state index >= 15 is 0 Å². The van der Waals surface area contributed by atoms with E-state index in [4.69, 9.17) is 0 Å². The number of hydrogen-bond acceptors (Lipinski definition) is 5. The van der Waals surface area contributed by atoms with Crippen molar-refractivity contribution in [1.82, 2.24) is 0 Å². The van der Waals surface area contributed by atoms with Gasteiger partial charge in [-0.1, -0.05) is 36.4 Å². The van der Waals surface area contributed by atoms with E-state index in [0.29, 0.717) is 16.8 Å². The molecule has 29 heavy (non-hydrogen) atoms. The topological polar surface area (TPSA) is 89.8 Å². The van der Waals surface area contributed by atoms with E-state index in [9.17, 15) is 20.1 Å². The molecule has 0 saturated carbocycles. The average molecular weight is 403 g/mol. The van der Waals surface area contributed by atoms with Crippen molar-refractivity contribution in [3.63, 3.8) is 0 Å². The highest BCUT2D eigenvalue weighted by molar-refractivity contribution is 7.13. The van der Waals surface area contributed by atoms with Crippen LogP contribution in [0.1, 0.15) is 10.4 Å². The molecule has 0 fully saturated rings. The van der Waals surface area contributed by atoms with Gasteiger partial charge in [-0.05, 0) is 35.2 Å². The van der Waals surface area contributed by atoms with E-state index in [2.05, 4.69) is 5.32 Å². The van der Waals surface area contributed by atoms with Crippen LogP contribution in [0.4, 0.5) is 5.69 Å². The average Bonchev–Trinajstić information content (AvgIpc) is 3.22. The van der Waals surface area contributed by atoms with Crippen LogP contribution in [0.15, 0.2) is 78.2 Å². The fourth-order valence-electron chi connectivity index (χ4n) is 3.14. The molecule has 0 atom stereocenters. The number of hydrogen-bond donors (Lipinski definition) is 4. The Bertz CT molecular complexity index is 1160. The number of nitrogens with one attached hydrogen (secondary N) is 1. The van der Waals surface area contributed by atoms with E-state index in [1.165, 1.54) is 0 Å². The molecule has 4 aromatic rings. The molecule has 0 unspecified atom stereocenters. The number of benzene rings is 3. The number of carbonyl (C=O) groups is 1. The first-order valence-electron chi connectivity index (χ1n) is 8.82. The molecule has 0 saturated heterocycles. The van der Waals surface area contributed by atoms with Crippen molar-refractivity contribution >= 4 is 22.9 Å². The molecule has 0 aliphatic carbocycles. The third-order valence-electron chi connectivity index (χ3n) is 4.46. The quantitative estimate of drug-likeness (QED) is 0.365. The zero-order valence-corrected chi connectivity index (χ0v) is 16.0. The van der Waals surface area contributed by atoms with Gasteiger partial charge in [0.1, 0.15) is 17.2 Å². The first-order chi connectivity index (χ1) is 14.0. The Kier molecular flexibility index (Phi) is 4.93. The van der Waals surface area contributed by atoms with Gasteiger partial charge in [0.25, 0.3) is 5.91 Å². The number of para-hydroxylation sites is 1. The second kappa shape index (κ2) is 7.69. The maximum Gasteiger partial charge on any atom is 0.255 e. The Morgan fingerprint density at radius 1 is 0.828 bits per heavy atom. The van der Waals surface area contributed by atoms with E-state index in [-0.39, 0.29) is 28.7 Å². The van der Waals surface area contributed by atoms with Gasteiger partial charge in [-0.15, -0.1) is 11.3 Å². The Hall–Kier alpha value is -3.77. The van der Waals surface area contributed by atoms with Crippen LogP contribution < -0.4 is 5.32 Å².